The fraction of sp³-hybridized carbons (Fsp3) is 0.750. The van der Waals surface area contributed by atoms with Crippen LogP contribution in [0.4, 0.5) is 0 Å². The van der Waals surface area contributed by atoms with Crippen LogP contribution in [0.1, 0.15) is 12.8 Å². The Bertz CT molecular complexity index is 66.1. The predicted molar refractivity (Wildman–Crippen MR) is 28.0 cm³/mol. The first kappa shape index (κ1) is 7.24. The fourth-order valence-corrected chi connectivity index (χ4v) is 0.565. The van der Waals surface area contributed by atoms with Crippen molar-refractivity contribution in [3.05, 3.63) is 0 Å². The van der Waals surface area contributed by atoms with Crippen molar-refractivity contribution < 1.29 is 4.79 Å². The molecule has 0 aromatic carbocycles. The fourth-order valence-electron chi connectivity index (χ4n) is 0.565. The van der Waals surface area contributed by atoms with Gasteiger partial charge >= 0.3 is 0 Å². The zero-order chi connectivity index (χ0) is 4.41. The van der Waals surface area contributed by atoms with Gasteiger partial charge in [-0.05, 0) is 6.42 Å². The molecule has 1 aliphatic rings. The van der Waals surface area contributed by atoms with Gasteiger partial charge in [0.1, 0.15) is 0 Å². The summed E-state index contributed by atoms with van der Waals surface area (Å²) in [5.74, 6) is 0.204. The molecule has 0 aromatic heterocycles. The monoisotopic (exact) mass is 109 g/mol. The van der Waals surface area contributed by atoms with Crippen LogP contribution in [0.3, 0.4) is 0 Å². The van der Waals surface area contributed by atoms with Crippen molar-refractivity contribution in [2.45, 2.75) is 12.8 Å². The Morgan fingerprint density at radius 2 is 2.29 bits per heavy atom. The zero-order valence-corrected chi connectivity index (χ0v) is 5.65. The SMILES string of the molecule is O=C1CCCN1.[Mg]. The Balaban J connectivity index is 0.000000360. The molecule has 1 amide bonds. The van der Waals surface area contributed by atoms with Crippen molar-refractivity contribution in [3.8, 4) is 0 Å². The van der Waals surface area contributed by atoms with Gasteiger partial charge in [-0.15, -0.1) is 0 Å². The Kier molecular flexibility index (Phi) is 3.38. The number of nitrogens with one attached hydrogen (secondary N) is 1. The zero-order valence-electron chi connectivity index (χ0n) is 4.24. The molecule has 0 aromatic rings. The molecule has 1 N–H and O–H groups in total. The molecule has 0 atom stereocenters. The second-order valence-electron chi connectivity index (χ2n) is 1.45. The highest BCUT2D eigenvalue weighted by molar-refractivity contribution is 5.77. The van der Waals surface area contributed by atoms with Gasteiger partial charge < -0.3 is 5.32 Å². The minimum Gasteiger partial charge on any atom is -0.356 e. The summed E-state index contributed by atoms with van der Waals surface area (Å²) in [6.45, 7) is 0.888. The quantitative estimate of drug-likeness (QED) is 0.418. The van der Waals surface area contributed by atoms with E-state index in [2.05, 4.69) is 5.32 Å². The van der Waals surface area contributed by atoms with E-state index in [4.69, 9.17) is 0 Å². The average Bonchev–Trinajstić information content (AvgIpc) is 1.86. The Morgan fingerprint density at radius 1 is 1.57 bits per heavy atom. The standard InChI is InChI=1S/C4H7NO.Mg/c6-4-2-1-3-5-4;/h1-3H2,(H,5,6);. The summed E-state index contributed by atoms with van der Waals surface area (Å²) < 4.78 is 0. The first-order chi connectivity index (χ1) is 2.89. The predicted octanol–water partition coefficient (Wildman–Crippen LogP) is -0.484. The van der Waals surface area contributed by atoms with Gasteiger partial charge in [0.2, 0.25) is 5.91 Å². The maximum atomic E-state index is 10.1. The lowest BCUT2D eigenvalue weighted by molar-refractivity contribution is -0.119. The molecule has 1 heterocycles. The molecule has 2 radical (unpaired) electrons. The minimum absolute atomic E-state index is 0. The van der Waals surface area contributed by atoms with Gasteiger partial charge in [-0.3, -0.25) is 4.79 Å². The van der Waals surface area contributed by atoms with Crippen LogP contribution in [-0.4, -0.2) is 35.5 Å². The highest BCUT2D eigenvalue weighted by Gasteiger charge is 2.05. The summed E-state index contributed by atoms with van der Waals surface area (Å²) in [6.07, 6.45) is 1.76. The topological polar surface area (TPSA) is 29.1 Å². The van der Waals surface area contributed by atoms with Crippen molar-refractivity contribution in [2.24, 2.45) is 0 Å². The molecule has 3 heteroatoms. The summed E-state index contributed by atoms with van der Waals surface area (Å²) in [7, 11) is 0. The maximum absolute atomic E-state index is 10.1. The Labute approximate surface area is 58.8 Å². The van der Waals surface area contributed by atoms with Crippen molar-refractivity contribution >= 4 is 29.0 Å². The number of carbonyl (C=O) groups is 1. The molecule has 1 fully saturated rings. The molecule has 0 spiro atoms. The van der Waals surface area contributed by atoms with E-state index in [9.17, 15) is 4.79 Å². The Morgan fingerprint density at radius 3 is 2.43 bits per heavy atom. The number of rotatable bonds is 0. The molecule has 1 saturated heterocycles. The maximum Gasteiger partial charge on any atom is 0.220 e. The lowest BCUT2D eigenvalue weighted by atomic mass is 10.4. The highest BCUT2D eigenvalue weighted by Crippen LogP contribution is 1.93. The number of carbonyl (C=O) groups excluding carboxylic acids is 1. The van der Waals surface area contributed by atoms with E-state index in [1.165, 1.54) is 0 Å². The molecule has 36 valence electrons. The van der Waals surface area contributed by atoms with Gasteiger partial charge in [-0.2, -0.15) is 0 Å². The van der Waals surface area contributed by atoms with Crippen LogP contribution in [0.25, 0.3) is 0 Å². The van der Waals surface area contributed by atoms with Gasteiger partial charge in [0, 0.05) is 36.0 Å². The molecule has 1 aliphatic heterocycles. The largest absolute Gasteiger partial charge is 0.356 e. The van der Waals surface area contributed by atoms with E-state index in [0.29, 0.717) is 0 Å². The number of hydrogen-bond donors (Lipinski definition) is 1. The average molecular weight is 109 g/mol. The first-order valence-corrected chi connectivity index (χ1v) is 2.16. The van der Waals surface area contributed by atoms with Crippen LogP contribution in [-0.2, 0) is 4.79 Å². The third kappa shape index (κ3) is 2.14. The van der Waals surface area contributed by atoms with Crippen LogP contribution in [0.15, 0.2) is 0 Å². The molecule has 0 aliphatic carbocycles. The van der Waals surface area contributed by atoms with E-state index in [0.717, 1.165) is 19.4 Å². The number of amides is 1. The second-order valence-corrected chi connectivity index (χ2v) is 1.45. The normalized spacial score (nSPS) is 18.0. The van der Waals surface area contributed by atoms with Crippen molar-refractivity contribution in [1.29, 1.82) is 0 Å². The molecule has 7 heavy (non-hydrogen) atoms. The number of hydrogen-bond acceptors (Lipinski definition) is 1. The van der Waals surface area contributed by atoms with Crippen molar-refractivity contribution in [2.75, 3.05) is 6.54 Å². The molecule has 0 unspecified atom stereocenters. The second kappa shape index (κ2) is 3.27. The van der Waals surface area contributed by atoms with Gasteiger partial charge in [0.05, 0.1) is 0 Å². The van der Waals surface area contributed by atoms with Crippen molar-refractivity contribution in [1.82, 2.24) is 5.32 Å². The first-order valence-electron chi connectivity index (χ1n) is 2.16. The molecule has 2 nitrogen and oxygen atoms in total. The Hall–Kier alpha value is 0.236. The van der Waals surface area contributed by atoms with Gasteiger partial charge in [-0.1, -0.05) is 0 Å². The molecule has 1 rings (SSSR count). The lowest BCUT2D eigenvalue weighted by Crippen LogP contribution is -2.12. The lowest BCUT2D eigenvalue weighted by Gasteiger charge is -1.80. The van der Waals surface area contributed by atoms with Crippen molar-refractivity contribution in [3.63, 3.8) is 0 Å². The van der Waals surface area contributed by atoms with Crippen LogP contribution < -0.4 is 5.32 Å². The molecule has 0 bridgehead atoms. The van der Waals surface area contributed by atoms with E-state index in [-0.39, 0.29) is 29.0 Å². The van der Waals surface area contributed by atoms with Gasteiger partial charge in [-0.25, -0.2) is 0 Å². The van der Waals surface area contributed by atoms with Crippen LogP contribution >= 0.6 is 0 Å². The molecule has 0 saturated carbocycles. The van der Waals surface area contributed by atoms with E-state index in [1.54, 1.807) is 0 Å². The van der Waals surface area contributed by atoms with Gasteiger partial charge in [0.15, 0.2) is 0 Å². The van der Waals surface area contributed by atoms with E-state index >= 15 is 0 Å². The summed E-state index contributed by atoms with van der Waals surface area (Å²) in [5.41, 5.74) is 0. The van der Waals surface area contributed by atoms with E-state index < -0.39 is 0 Å². The third-order valence-corrected chi connectivity index (χ3v) is 0.903. The smallest absolute Gasteiger partial charge is 0.220 e. The summed E-state index contributed by atoms with van der Waals surface area (Å²) >= 11 is 0. The minimum atomic E-state index is 0. The highest BCUT2D eigenvalue weighted by atomic mass is 24.3. The third-order valence-electron chi connectivity index (χ3n) is 0.903. The van der Waals surface area contributed by atoms with Gasteiger partial charge in [0.25, 0.3) is 0 Å². The molecular formula is C4H7MgNO. The molecular weight excluding hydrogens is 102 g/mol. The van der Waals surface area contributed by atoms with Crippen LogP contribution in [0, 0.1) is 0 Å². The van der Waals surface area contributed by atoms with Crippen LogP contribution in [0.5, 0.6) is 0 Å². The summed E-state index contributed by atoms with van der Waals surface area (Å²) in [4.78, 5) is 10.1. The summed E-state index contributed by atoms with van der Waals surface area (Å²) in [6, 6.07) is 0. The summed E-state index contributed by atoms with van der Waals surface area (Å²) in [5, 5.41) is 2.68. The van der Waals surface area contributed by atoms with E-state index in [1.807, 2.05) is 0 Å². The van der Waals surface area contributed by atoms with Crippen LogP contribution in [0.2, 0.25) is 0 Å².